The summed E-state index contributed by atoms with van der Waals surface area (Å²) in [5.74, 6) is -1.73. The second kappa shape index (κ2) is 10.0. The van der Waals surface area contributed by atoms with E-state index in [4.69, 9.17) is 9.84 Å². The summed E-state index contributed by atoms with van der Waals surface area (Å²) in [6.07, 6.45) is -0.0473. The summed E-state index contributed by atoms with van der Waals surface area (Å²) in [6.45, 7) is 4.35. The summed E-state index contributed by atoms with van der Waals surface area (Å²) < 4.78 is 9.63. The van der Waals surface area contributed by atoms with Crippen LogP contribution >= 0.6 is 0 Å². The fourth-order valence-corrected chi connectivity index (χ4v) is 1.29. The van der Waals surface area contributed by atoms with Gasteiger partial charge in [-0.05, 0) is 20.3 Å². The number of hydrogen-bond acceptors (Lipinski definition) is 5. The Morgan fingerprint density at radius 1 is 1.25 bits per heavy atom. The van der Waals surface area contributed by atoms with E-state index < -0.39 is 24.0 Å². The van der Waals surface area contributed by atoms with Crippen molar-refractivity contribution in [2.45, 2.75) is 38.8 Å². The van der Waals surface area contributed by atoms with Gasteiger partial charge < -0.3 is 25.2 Å². The summed E-state index contributed by atoms with van der Waals surface area (Å²) in [5, 5.41) is 13.7. The van der Waals surface area contributed by atoms with Crippen LogP contribution in [0.5, 0.6) is 0 Å². The van der Waals surface area contributed by atoms with Crippen molar-refractivity contribution in [2.24, 2.45) is 0 Å². The average Bonchev–Trinajstić information content (AvgIpc) is 2.38. The Kier molecular flexibility index (Phi) is 9.10. The first-order chi connectivity index (χ1) is 9.36. The molecule has 1 atom stereocenters. The van der Waals surface area contributed by atoms with Crippen LogP contribution in [-0.4, -0.2) is 55.5 Å². The lowest BCUT2D eigenvalue weighted by Crippen LogP contribution is -2.47. The molecule has 0 heterocycles. The summed E-state index contributed by atoms with van der Waals surface area (Å²) in [7, 11) is 1.22. The first kappa shape index (κ1) is 18.2. The van der Waals surface area contributed by atoms with Crippen LogP contribution in [-0.2, 0) is 19.1 Å². The Balaban J connectivity index is 4.02. The van der Waals surface area contributed by atoms with Crippen LogP contribution in [0.1, 0.15) is 26.7 Å². The maximum Gasteiger partial charge on any atom is 0.326 e. The number of urea groups is 1. The second-order valence-corrected chi connectivity index (χ2v) is 4.33. The molecule has 8 heteroatoms. The third-order valence-electron chi connectivity index (χ3n) is 2.31. The Morgan fingerprint density at radius 3 is 2.40 bits per heavy atom. The highest BCUT2D eigenvalue weighted by atomic mass is 16.5. The van der Waals surface area contributed by atoms with Gasteiger partial charge in [-0.2, -0.15) is 0 Å². The lowest BCUT2D eigenvalue weighted by Gasteiger charge is -2.15. The van der Waals surface area contributed by atoms with Crippen LogP contribution in [0.15, 0.2) is 0 Å². The average molecular weight is 290 g/mol. The van der Waals surface area contributed by atoms with Crippen molar-refractivity contribution >= 4 is 18.0 Å². The molecule has 0 saturated heterocycles. The molecule has 0 aliphatic rings. The first-order valence-corrected chi connectivity index (χ1v) is 6.32. The zero-order valence-electron chi connectivity index (χ0n) is 12.0. The van der Waals surface area contributed by atoms with Gasteiger partial charge in [0.25, 0.3) is 0 Å². The van der Waals surface area contributed by atoms with Crippen molar-refractivity contribution in [3.8, 4) is 0 Å². The Morgan fingerprint density at radius 2 is 1.90 bits per heavy atom. The number of carboxylic acids is 1. The number of aliphatic carboxylic acids is 1. The number of carboxylic acid groups (broad SMARTS) is 1. The molecule has 3 N–H and O–H groups in total. The van der Waals surface area contributed by atoms with E-state index in [1.54, 1.807) is 0 Å². The Hall–Kier alpha value is -1.83. The van der Waals surface area contributed by atoms with E-state index in [0.717, 1.165) is 0 Å². The van der Waals surface area contributed by atoms with Crippen LogP contribution in [0.3, 0.4) is 0 Å². The SMILES string of the molecule is COC(=O)CC[C@@H](NC(=O)NCCOC(C)C)C(=O)O. The highest BCUT2D eigenvalue weighted by Crippen LogP contribution is 1.99. The minimum absolute atomic E-state index is 0.0298. The smallest absolute Gasteiger partial charge is 0.326 e. The summed E-state index contributed by atoms with van der Waals surface area (Å²) in [5.41, 5.74) is 0. The van der Waals surface area contributed by atoms with Gasteiger partial charge in [0, 0.05) is 13.0 Å². The van der Waals surface area contributed by atoms with Crippen LogP contribution in [0, 0.1) is 0 Å². The number of ether oxygens (including phenoxy) is 2. The largest absolute Gasteiger partial charge is 0.480 e. The van der Waals surface area contributed by atoms with Crippen LogP contribution in [0.2, 0.25) is 0 Å². The molecule has 0 rings (SSSR count). The van der Waals surface area contributed by atoms with Gasteiger partial charge in [-0.25, -0.2) is 9.59 Å². The number of nitrogens with one attached hydrogen (secondary N) is 2. The third kappa shape index (κ3) is 9.15. The quantitative estimate of drug-likeness (QED) is 0.410. The van der Waals surface area contributed by atoms with E-state index >= 15 is 0 Å². The number of carbonyl (C=O) groups excluding carboxylic acids is 2. The van der Waals surface area contributed by atoms with Gasteiger partial charge in [0.15, 0.2) is 0 Å². The van der Waals surface area contributed by atoms with E-state index in [-0.39, 0.29) is 25.5 Å². The van der Waals surface area contributed by atoms with E-state index in [1.165, 1.54) is 7.11 Å². The molecule has 0 aliphatic heterocycles. The normalized spacial score (nSPS) is 11.8. The molecule has 20 heavy (non-hydrogen) atoms. The van der Waals surface area contributed by atoms with Crippen LogP contribution in [0.25, 0.3) is 0 Å². The molecule has 0 spiro atoms. The standard InChI is InChI=1S/C12H22N2O6/c1-8(2)20-7-6-13-12(18)14-9(11(16)17)4-5-10(15)19-3/h8-9H,4-7H2,1-3H3,(H,16,17)(H2,13,14,18)/t9-/m1/s1. The lowest BCUT2D eigenvalue weighted by molar-refractivity contribution is -0.142. The van der Waals surface area contributed by atoms with E-state index in [0.29, 0.717) is 6.61 Å². The lowest BCUT2D eigenvalue weighted by atomic mass is 10.1. The fraction of sp³-hybridized carbons (Fsp3) is 0.750. The summed E-state index contributed by atoms with van der Waals surface area (Å²) in [6, 6.07) is -1.75. The second-order valence-electron chi connectivity index (χ2n) is 4.33. The van der Waals surface area contributed by atoms with E-state index in [2.05, 4.69) is 15.4 Å². The predicted octanol–water partition coefficient (Wildman–Crippen LogP) is 0.117. The molecule has 0 bridgehead atoms. The maximum absolute atomic E-state index is 11.5. The topological polar surface area (TPSA) is 114 Å². The fourth-order valence-electron chi connectivity index (χ4n) is 1.29. The zero-order chi connectivity index (χ0) is 15.5. The van der Waals surface area contributed by atoms with Crippen molar-refractivity contribution in [2.75, 3.05) is 20.3 Å². The molecule has 0 aromatic rings. The Labute approximate surface area is 117 Å². The number of rotatable bonds is 9. The van der Waals surface area contributed by atoms with Gasteiger partial charge in [-0.1, -0.05) is 0 Å². The molecular weight excluding hydrogens is 268 g/mol. The van der Waals surface area contributed by atoms with E-state index in [9.17, 15) is 14.4 Å². The molecule has 0 aliphatic carbocycles. The molecule has 0 aromatic heterocycles. The molecular formula is C12H22N2O6. The zero-order valence-corrected chi connectivity index (χ0v) is 12.0. The third-order valence-corrected chi connectivity index (χ3v) is 2.31. The van der Waals surface area contributed by atoms with Gasteiger partial charge in [0.2, 0.25) is 0 Å². The van der Waals surface area contributed by atoms with Gasteiger partial charge in [0.1, 0.15) is 6.04 Å². The van der Waals surface area contributed by atoms with Crippen LogP contribution in [0.4, 0.5) is 4.79 Å². The molecule has 116 valence electrons. The molecule has 0 unspecified atom stereocenters. The van der Waals surface area contributed by atoms with Gasteiger partial charge in [-0.3, -0.25) is 4.79 Å². The van der Waals surface area contributed by atoms with Crippen LogP contribution < -0.4 is 10.6 Å². The van der Waals surface area contributed by atoms with Gasteiger partial charge >= 0.3 is 18.0 Å². The number of carbonyl (C=O) groups is 3. The van der Waals surface area contributed by atoms with Crippen molar-refractivity contribution < 1.29 is 29.0 Å². The van der Waals surface area contributed by atoms with Crippen molar-refractivity contribution in [3.63, 3.8) is 0 Å². The van der Waals surface area contributed by atoms with Crippen molar-refractivity contribution in [1.82, 2.24) is 10.6 Å². The Bertz CT molecular complexity index is 332. The number of hydrogen-bond donors (Lipinski definition) is 3. The minimum Gasteiger partial charge on any atom is -0.480 e. The highest BCUT2D eigenvalue weighted by Gasteiger charge is 2.20. The molecule has 8 nitrogen and oxygen atoms in total. The molecule has 2 amide bonds. The number of esters is 1. The predicted molar refractivity (Wildman–Crippen MR) is 70.3 cm³/mol. The number of amides is 2. The van der Waals surface area contributed by atoms with Crippen molar-refractivity contribution in [1.29, 1.82) is 0 Å². The van der Waals surface area contributed by atoms with E-state index in [1.807, 2.05) is 13.8 Å². The molecule has 0 fully saturated rings. The van der Waals surface area contributed by atoms with Crippen molar-refractivity contribution in [3.05, 3.63) is 0 Å². The number of methoxy groups -OCH3 is 1. The highest BCUT2D eigenvalue weighted by molar-refractivity contribution is 5.83. The molecule has 0 radical (unpaired) electrons. The maximum atomic E-state index is 11.5. The van der Waals surface area contributed by atoms with Gasteiger partial charge in [0.05, 0.1) is 19.8 Å². The summed E-state index contributed by atoms with van der Waals surface area (Å²) in [4.78, 5) is 33.3. The minimum atomic E-state index is -1.21. The monoisotopic (exact) mass is 290 g/mol. The molecule has 0 aromatic carbocycles. The first-order valence-electron chi connectivity index (χ1n) is 6.32. The molecule has 0 saturated carbocycles. The van der Waals surface area contributed by atoms with Gasteiger partial charge in [-0.15, -0.1) is 0 Å². The summed E-state index contributed by atoms with van der Waals surface area (Å²) >= 11 is 0.